The van der Waals surface area contributed by atoms with Crippen molar-refractivity contribution in [2.24, 2.45) is 5.92 Å². The number of aromatic hydroxyl groups is 2. The number of carbonyl (C=O) groups excluding carboxylic acids is 6. The molecule has 8 rings (SSSR count). The van der Waals surface area contributed by atoms with Crippen LogP contribution in [-0.2, 0) is 46.4 Å². The van der Waals surface area contributed by atoms with E-state index in [0.29, 0.717) is 11.4 Å². The molecule has 13 N–H and O–H groups in total. The fraction of sp³-hybridized carbons (Fsp3) is 0.385. The number of aromatic nitrogens is 4. The van der Waals surface area contributed by atoms with E-state index < -0.39 is 143 Å². The number of phenols is 2. The number of carboxylic acids is 2. The van der Waals surface area contributed by atoms with Crippen molar-refractivity contribution in [1.29, 1.82) is 0 Å². The van der Waals surface area contributed by atoms with Crippen LogP contribution in [0.5, 0.6) is 17.2 Å². The van der Waals surface area contributed by atoms with Gasteiger partial charge in [-0.3, -0.25) is 33.8 Å². The zero-order valence-corrected chi connectivity index (χ0v) is 45.3. The first kappa shape index (κ1) is 59.7. The summed E-state index contributed by atoms with van der Waals surface area (Å²) in [6, 6.07) is 6.20. The van der Waals surface area contributed by atoms with Gasteiger partial charge in [0.2, 0.25) is 17.6 Å². The molecule has 9 atom stereocenters. The Morgan fingerprint density at radius 1 is 0.915 bits per heavy atom. The van der Waals surface area contributed by atoms with Crippen LogP contribution >= 0.6 is 21.6 Å². The summed E-state index contributed by atoms with van der Waals surface area (Å²) >= 11 is 0. The largest absolute Gasteiger partial charge is 0.507 e. The van der Waals surface area contributed by atoms with Crippen molar-refractivity contribution in [2.75, 3.05) is 36.3 Å². The molecule has 0 radical (unpaired) electrons. The summed E-state index contributed by atoms with van der Waals surface area (Å²) in [5.74, 6) is -9.63. The van der Waals surface area contributed by atoms with Gasteiger partial charge in [-0.2, -0.15) is 4.98 Å². The number of nitrogens with one attached hydrogen (secondary N) is 5. The molecule has 5 aromatic rings. The fourth-order valence-corrected chi connectivity index (χ4v) is 11.7. The van der Waals surface area contributed by atoms with E-state index in [-0.39, 0.29) is 88.2 Å². The first-order valence-corrected chi connectivity index (χ1v) is 27.7. The normalized spacial score (nSPS) is 20.7. The van der Waals surface area contributed by atoms with Gasteiger partial charge < -0.3 is 76.6 Å². The topological polar surface area (TPSA) is 441 Å². The summed E-state index contributed by atoms with van der Waals surface area (Å²) in [6.45, 7) is 2.56. The lowest BCUT2D eigenvalue weighted by atomic mass is 9.72. The summed E-state index contributed by atoms with van der Waals surface area (Å²) < 4.78 is 22.8. The molecule has 2 aromatic heterocycles. The maximum Gasteiger partial charge on any atom is 0.407 e. The number of phenolic OH excluding ortho intramolecular Hbond substituents is 2. The number of aromatic amines is 1. The van der Waals surface area contributed by atoms with Gasteiger partial charge in [0.1, 0.15) is 53.9 Å². The molecule has 3 amide bonds. The number of H-pyrrole nitrogens is 1. The SMILES string of the molecule is COc1cccc2c1C(=O)c1c(O)c3c(c(O)c1C2=O)C[C@H](O)[C@@H](C(C)=O)C3OC1CC(NC(=O)OCCSSCC(NC(=O)CCC(NC(=O)c2ccc(NCc3cnc4nc(N)[nH]c(=O)c4n3)cc2)C(=O)O)C(=O)O)C(O)C(C)O1. The van der Waals surface area contributed by atoms with E-state index in [0.717, 1.165) is 21.6 Å². The van der Waals surface area contributed by atoms with Gasteiger partial charge in [0.25, 0.3) is 11.5 Å². The van der Waals surface area contributed by atoms with Gasteiger partial charge >= 0.3 is 18.0 Å². The number of anilines is 2. The Kier molecular flexibility index (Phi) is 18.6. The van der Waals surface area contributed by atoms with Gasteiger partial charge in [-0.05, 0) is 50.6 Å². The Balaban J connectivity index is 0.785. The lowest BCUT2D eigenvalue weighted by molar-refractivity contribution is -0.253. The summed E-state index contributed by atoms with van der Waals surface area (Å²) in [5.41, 5.74) is 4.39. The van der Waals surface area contributed by atoms with Crippen LogP contribution in [0.25, 0.3) is 11.2 Å². The lowest BCUT2D eigenvalue weighted by Gasteiger charge is -2.42. The Hall–Kier alpha value is -8.42. The number of nitrogens with zero attached hydrogens (tertiary/aromatic N) is 3. The number of Topliss-reactive ketones (excluding diaryl/α,β-unsaturated/α-hetero) is 1. The second-order valence-corrected chi connectivity index (χ2v) is 21.7. The second kappa shape index (κ2) is 25.6. The number of hydrogen-bond acceptors (Lipinski definition) is 24. The predicted octanol–water partition coefficient (Wildman–Crippen LogP) is 1.49. The number of carbonyl (C=O) groups is 8. The maximum absolute atomic E-state index is 14.0. The third-order valence-corrected chi connectivity index (χ3v) is 16.1. The average molecular weight is 1170 g/mol. The monoisotopic (exact) mass is 1170 g/mol. The third-order valence-electron chi connectivity index (χ3n) is 13.7. The van der Waals surface area contributed by atoms with Gasteiger partial charge in [-0.1, -0.05) is 33.7 Å². The van der Waals surface area contributed by atoms with Crippen LogP contribution in [0.1, 0.15) is 98.2 Å². The predicted molar refractivity (Wildman–Crippen MR) is 289 cm³/mol. The van der Waals surface area contributed by atoms with Crippen molar-refractivity contribution >= 4 is 91.6 Å². The van der Waals surface area contributed by atoms with Gasteiger partial charge in [0.15, 0.2) is 23.2 Å². The van der Waals surface area contributed by atoms with E-state index in [1.165, 1.54) is 57.5 Å². The first-order chi connectivity index (χ1) is 39.1. The molecule has 3 aromatic carbocycles. The Morgan fingerprint density at radius 3 is 2.33 bits per heavy atom. The van der Waals surface area contributed by atoms with E-state index in [1.54, 1.807) is 12.1 Å². The van der Waals surface area contributed by atoms with Crippen LogP contribution in [0, 0.1) is 5.92 Å². The van der Waals surface area contributed by atoms with E-state index in [4.69, 9.17) is 24.7 Å². The molecule has 434 valence electrons. The number of methoxy groups -OCH3 is 1. The van der Waals surface area contributed by atoms with Crippen molar-refractivity contribution in [1.82, 2.24) is 35.9 Å². The highest BCUT2D eigenvalue weighted by atomic mass is 33.1. The Morgan fingerprint density at radius 2 is 1.63 bits per heavy atom. The van der Waals surface area contributed by atoms with Crippen molar-refractivity contribution < 1.29 is 87.9 Å². The van der Waals surface area contributed by atoms with Gasteiger partial charge in [0, 0.05) is 58.7 Å². The molecule has 2 aliphatic carbocycles. The molecule has 1 fully saturated rings. The molecule has 82 heavy (non-hydrogen) atoms. The summed E-state index contributed by atoms with van der Waals surface area (Å²) in [7, 11) is 3.40. The summed E-state index contributed by atoms with van der Waals surface area (Å²) in [6.07, 6.45) is -7.95. The van der Waals surface area contributed by atoms with Crippen LogP contribution in [0.3, 0.4) is 0 Å². The Bertz CT molecular complexity index is 3420. The summed E-state index contributed by atoms with van der Waals surface area (Å²) in [5, 5.41) is 75.7. The molecule has 30 heteroatoms. The number of alkyl carbamates (subject to hydrolysis) is 1. The quantitative estimate of drug-likeness (QED) is 0.0260. The van der Waals surface area contributed by atoms with Crippen LogP contribution in [0.2, 0.25) is 0 Å². The number of ether oxygens (including phenoxy) is 4. The van der Waals surface area contributed by atoms with Gasteiger partial charge in [0.05, 0.1) is 66.4 Å². The lowest BCUT2D eigenvalue weighted by Crippen LogP contribution is -2.56. The molecule has 7 unspecified atom stereocenters. The number of hydrogen-bond donors (Lipinski definition) is 12. The molecule has 1 aliphatic heterocycles. The number of aliphatic carboxylic acids is 2. The second-order valence-electron chi connectivity index (χ2n) is 19.1. The minimum Gasteiger partial charge on any atom is -0.507 e. The minimum atomic E-state index is -1.59. The number of ketones is 3. The highest BCUT2D eigenvalue weighted by molar-refractivity contribution is 8.76. The van der Waals surface area contributed by atoms with Gasteiger partial charge in [-0.25, -0.2) is 24.4 Å². The molecular formula is C52H55N9O19S2. The number of carboxylic acid groups (broad SMARTS) is 2. The number of nitrogen functional groups attached to an aromatic ring is 1. The number of rotatable bonds is 22. The Labute approximate surface area is 471 Å². The molecule has 0 bridgehead atoms. The van der Waals surface area contributed by atoms with Crippen LogP contribution in [-0.4, -0.2) is 166 Å². The number of amides is 3. The smallest absolute Gasteiger partial charge is 0.407 e. The van der Waals surface area contributed by atoms with Crippen molar-refractivity contribution in [3.63, 3.8) is 0 Å². The first-order valence-electron chi connectivity index (χ1n) is 25.2. The molecule has 0 spiro atoms. The van der Waals surface area contributed by atoms with Crippen LogP contribution in [0.4, 0.5) is 16.4 Å². The molecule has 1 saturated heterocycles. The molecule has 3 heterocycles. The molecule has 28 nitrogen and oxygen atoms in total. The number of benzene rings is 3. The number of aliphatic hydroxyl groups is 2. The molecule has 3 aliphatic rings. The summed E-state index contributed by atoms with van der Waals surface area (Å²) in [4.78, 5) is 131. The van der Waals surface area contributed by atoms with Gasteiger partial charge in [-0.15, -0.1) is 0 Å². The highest BCUT2D eigenvalue weighted by Gasteiger charge is 2.49. The fourth-order valence-electron chi connectivity index (χ4n) is 9.67. The van der Waals surface area contributed by atoms with Crippen molar-refractivity contribution in [3.8, 4) is 17.2 Å². The standard InChI is InChI=1S/C52H55N9O19S2/c1-20(62)34-30(63)15-26-36(44(69)38-37(42(26)67)41(66)25-5-4-6-31(77-3)35(25)43(38)68)45(34)80-33-16-28(40(65)21(2)79-33)59-52(76)78-13-14-81-82-19-29(50(74)75)57-32(64)12-11-27(49(72)73)58-47(70)22-7-9-23(10-8-22)54-17-24-18-55-46-39(56-24)48(71)61-51(53)60-46/h4-10,18,21,27-30,33-34,40,45,54,63,65,67,69H,11-17,19H2,1-3H3,(H,57,64)(H,58,70)(H,59,76)(H,72,73)(H,74,75)(H3,53,55,60,61,71)/t21?,27?,28?,29?,30-,33?,34+,40?,45?/m0/s1. The number of aliphatic hydroxyl groups excluding tert-OH is 2. The minimum absolute atomic E-state index is 0.00280. The zero-order valence-electron chi connectivity index (χ0n) is 43.7. The zero-order chi connectivity index (χ0) is 59.3. The van der Waals surface area contributed by atoms with E-state index in [2.05, 4.69) is 41.2 Å². The van der Waals surface area contributed by atoms with Crippen molar-refractivity contribution in [2.45, 2.75) is 94.9 Å². The maximum atomic E-state index is 14.0. The number of fused-ring (bicyclic) bond motifs is 4. The number of nitrogens with two attached hydrogens (primary N) is 1. The molecule has 0 saturated carbocycles. The van der Waals surface area contributed by atoms with Crippen LogP contribution < -0.4 is 37.3 Å². The van der Waals surface area contributed by atoms with E-state index in [1.807, 2.05) is 0 Å². The highest BCUT2D eigenvalue weighted by Crippen LogP contribution is 2.52. The average Bonchev–Trinajstić information content (AvgIpc) is 1.83. The van der Waals surface area contributed by atoms with E-state index >= 15 is 0 Å². The van der Waals surface area contributed by atoms with Crippen molar-refractivity contribution in [3.05, 3.63) is 104 Å². The van der Waals surface area contributed by atoms with Crippen LogP contribution in [0.15, 0.2) is 53.5 Å². The molecular weight excluding hydrogens is 1120 g/mol. The third kappa shape index (κ3) is 13.0. The van der Waals surface area contributed by atoms with E-state index in [9.17, 15) is 73.8 Å².